The van der Waals surface area contributed by atoms with Gasteiger partial charge in [0.2, 0.25) is 5.91 Å². The zero-order chi connectivity index (χ0) is 27.9. The number of rotatable bonds is 11. The molecule has 0 spiro atoms. The second-order valence-corrected chi connectivity index (χ2v) is 9.99. The molecule has 0 fully saturated rings. The molecule has 3 rings (SSSR count). The summed E-state index contributed by atoms with van der Waals surface area (Å²) in [6, 6.07) is 14.5. The van der Waals surface area contributed by atoms with Gasteiger partial charge in [0.05, 0.1) is 44.1 Å². The highest BCUT2D eigenvalue weighted by Crippen LogP contribution is 2.37. The lowest BCUT2D eigenvalue weighted by atomic mass is 10.2. The molecule has 0 unspecified atom stereocenters. The Balaban J connectivity index is 1.98. The van der Waals surface area contributed by atoms with E-state index < -0.39 is 28.4 Å². The summed E-state index contributed by atoms with van der Waals surface area (Å²) in [6.07, 6.45) is 0. The lowest BCUT2D eigenvalue weighted by Crippen LogP contribution is -2.38. The predicted molar refractivity (Wildman–Crippen MR) is 143 cm³/mol. The average molecular weight is 563 g/mol. The summed E-state index contributed by atoms with van der Waals surface area (Å²) in [4.78, 5) is 24.8. The Morgan fingerprint density at radius 1 is 0.868 bits per heavy atom. The largest absolute Gasteiger partial charge is 0.495 e. The van der Waals surface area contributed by atoms with Crippen LogP contribution in [0.25, 0.3) is 0 Å². The van der Waals surface area contributed by atoms with Crippen molar-refractivity contribution in [1.29, 1.82) is 0 Å². The number of hydrogen-bond acceptors (Lipinski definition) is 8. The van der Waals surface area contributed by atoms with Crippen molar-refractivity contribution in [1.82, 2.24) is 0 Å². The maximum atomic E-state index is 13.8. The molecule has 0 aromatic heterocycles. The number of anilines is 2. The Bertz CT molecular complexity index is 1410. The van der Waals surface area contributed by atoms with E-state index in [4.69, 9.17) is 30.5 Å². The Hall–Kier alpha value is -3.96. The number of carbonyl (C=O) groups excluding carboxylic acids is 2. The van der Waals surface area contributed by atoms with Crippen LogP contribution < -0.4 is 23.8 Å². The first-order chi connectivity index (χ1) is 18.1. The van der Waals surface area contributed by atoms with Crippen molar-refractivity contribution in [3.63, 3.8) is 0 Å². The Labute approximate surface area is 226 Å². The SMILES string of the molecule is CCOC(=O)c1ccc(NC(=O)CN(c2cc(Cl)ccc2OC)S(=O)(=O)c2ccc(OC)c(OC)c2)cc1. The fourth-order valence-corrected chi connectivity index (χ4v) is 5.10. The summed E-state index contributed by atoms with van der Waals surface area (Å²) in [5, 5.41) is 2.88. The molecular weight excluding hydrogens is 536 g/mol. The third kappa shape index (κ3) is 6.48. The summed E-state index contributed by atoms with van der Waals surface area (Å²) in [7, 11) is -0.150. The second kappa shape index (κ2) is 12.5. The van der Waals surface area contributed by atoms with Gasteiger partial charge in [-0.2, -0.15) is 0 Å². The van der Waals surface area contributed by atoms with E-state index >= 15 is 0 Å². The Kier molecular flexibility index (Phi) is 9.43. The topological polar surface area (TPSA) is 120 Å². The lowest BCUT2D eigenvalue weighted by molar-refractivity contribution is -0.114. The van der Waals surface area contributed by atoms with Crippen LogP contribution in [-0.2, 0) is 19.6 Å². The quantitative estimate of drug-likeness (QED) is 0.342. The molecule has 1 N–H and O–H groups in total. The first kappa shape index (κ1) is 28.6. The number of methoxy groups -OCH3 is 3. The number of amides is 1. The molecule has 12 heteroatoms. The minimum Gasteiger partial charge on any atom is -0.495 e. The summed E-state index contributed by atoms with van der Waals surface area (Å²) in [5.41, 5.74) is 0.721. The van der Waals surface area contributed by atoms with Gasteiger partial charge in [-0.1, -0.05) is 11.6 Å². The third-order valence-electron chi connectivity index (χ3n) is 5.32. The fourth-order valence-electron chi connectivity index (χ4n) is 3.50. The van der Waals surface area contributed by atoms with Crippen LogP contribution in [0.1, 0.15) is 17.3 Å². The molecule has 202 valence electrons. The van der Waals surface area contributed by atoms with Crippen LogP contribution in [-0.4, -0.2) is 54.8 Å². The van der Waals surface area contributed by atoms with E-state index in [1.807, 2.05) is 0 Å². The van der Waals surface area contributed by atoms with Crippen LogP contribution in [0.2, 0.25) is 5.02 Å². The molecule has 0 saturated carbocycles. The number of sulfonamides is 1. The van der Waals surface area contributed by atoms with Gasteiger partial charge in [-0.15, -0.1) is 0 Å². The van der Waals surface area contributed by atoms with E-state index in [0.29, 0.717) is 17.0 Å². The van der Waals surface area contributed by atoms with E-state index in [1.54, 1.807) is 6.92 Å². The third-order valence-corrected chi connectivity index (χ3v) is 7.31. The standard InChI is InChI=1S/C26H27ClN2O8S/c1-5-37-26(31)17-6-9-19(10-7-17)28-25(30)16-29(21-14-18(27)8-12-22(21)34-2)38(32,33)20-11-13-23(35-3)24(15-20)36-4/h6-15H,5,16H2,1-4H3,(H,28,30). The van der Waals surface area contributed by atoms with Crippen molar-refractivity contribution in [2.24, 2.45) is 0 Å². The molecule has 38 heavy (non-hydrogen) atoms. The number of carbonyl (C=O) groups is 2. The van der Waals surface area contributed by atoms with Crippen molar-refractivity contribution in [3.8, 4) is 17.2 Å². The van der Waals surface area contributed by atoms with Crippen LogP contribution in [0.4, 0.5) is 11.4 Å². The molecule has 0 radical (unpaired) electrons. The molecule has 10 nitrogen and oxygen atoms in total. The van der Waals surface area contributed by atoms with E-state index in [9.17, 15) is 18.0 Å². The highest BCUT2D eigenvalue weighted by atomic mass is 35.5. The molecule has 0 aliphatic heterocycles. The van der Waals surface area contributed by atoms with Gasteiger partial charge in [-0.25, -0.2) is 13.2 Å². The fraction of sp³-hybridized carbons (Fsp3) is 0.231. The summed E-state index contributed by atoms with van der Waals surface area (Å²) in [6.45, 7) is 1.31. The maximum Gasteiger partial charge on any atom is 0.338 e. The van der Waals surface area contributed by atoms with Crippen LogP contribution in [0.15, 0.2) is 65.6 Å². The smallest absolute Gasteiger partial charge is 0.338 e. The van der Waals surface area contributed by atoms with Gasteiger partial charge in [0.1, 0.15) is 12.3 Å². The number of halogens is 1. The first-order valence-corrected chi connectivity index (χ1v) is 13.1. The second-order valence-electron chi connectivity index (χ2n) is 7.69. The number of hydrogen-bond donors (Lipinski definition) is 1. The van der Waals surface area contributed by atoms with Gasteiger partial charge >= 0.3 is 5.97 Å². The van der Waals surface area contributed by atoms with Gasteiger partial charge in [0.15, 0.2) is 11.5 Å². The molecule has 0 saturated heterocycles. The van der Waals surface area contributed by atoms with E-state index in [-0.39, 0.29) is 33.7 Å². The van der Waals surface area contributed by atoms with Gasteiger partial charge in [0, 0.05) is 16.8 Å². The van der Waals surface area contributed by atoms with E-state index in [2.05, 4.69) is 5.32 Å². The van der Waals surface area contributed by atoms with Gasteiger partial charge in [-0.05, 0) is 61.5 Å². The molecule has 0 heterocycles. The first-order valence-electron chi connectivity index (χ1n) is 11.3. The van der Waals surface area contributed by atoms with Crippen molar-refractivity contribution in [2.45, 2.75) is 11.8 Å². The van der Waals surface area contributed by atoms with Crippen molar-refractivity contribution in [3.05, 3.63) is 71.2 Å². The van der Waals surface area contributed by atoms with E-state index in [0.717, 1.165) is 4.31 Å². The zero-order valence-corrected chi connectivity index (χ0v) is 22.8. The van der Waals surface area contributed by atoms with Crippen LogP contribution in [0.5, 0.6) is 17.2 Å². The number of nitrogens with zero attached hydrogens (tertiary/aromatic N) is 1. The number of esters is 1. The summed E-state index contributed by atoms with van der Waals surface area (Å²) >= 11 is 6.18. The molecule has 1 amide bonds. The molecule has 0 aliphatic carbocycles. The summed E-state index contributed by atoms with van der Waals surface area (Å²) < 4.78 is 49.4. The number of benzene rings is 3. The van der Waals surface area contributed by atoms with Gasteiger partial charge in [0.25, 0.3) is 10.0 Å². The monoisotopic (exact) mass is 562 g/mol. The van der Waals surface area contributed by atoms with Gasteiger partial charge < -0.3 is 24.3 Å². The summed E-state index contributed by atoms with van der Waals surface area (Å²) in [5.74, 6) is -0.435. The number of ether oxygens (including phenoxy) is 4. The highest BCUT2D eigenvalue weighted by Gasteiger charge is 2.31. The molecule has 3 aromatic rings. The molecule has 3 aromatic carbocycles. The maximum absolute atomic E-state index is 13.8. The molecule has 0 atom stereocenters. The van der Waals surface area contributed by atoms with Crippen LogP contribution >= 0.6 is 11.6 Å². The minimum atomic E-state index is -4.34. The zero-order valence-electron chi connectivity index (χ0n) is 21.2. The normalized spacial score (nSPS) is 10.9. The Morgan fingerprint density at radius 3 is 2.11 bits per heavy atom. The van der Waals surface area contributed by atoms with Crippen LogP contribution in [0.3, 0.4) is 0 Å². The lowest BCUT2D eigenvalue weighted by Gasteiger charge is -2.26. The molecule has 0 bridgehead atoms. The van der Waals surface area contributed by atoms with Crippen molar-refractivity contribution in [2.75, 3.05) is 44.1 Å². The molecule has 0 aliphatic rings. The predicted octanol–water partition coefficient (Wildman–Crippen LogP) is 4.38. The molecular formula is C26H27ClN2O8S. The van der Waals surface area contributed by atoms with Crippen LogP contribution in [0, 0.1) is 0 Å². The average Bonchev–Trinajstić information content (AvgIpc) is 2.91. The van der Waals surface area contributed by atoms with Crippen molar-refractivity contribution >= 4 is 44.9 Å². The van der Waals surface area contributed by atoms with Gasteiger partial charge in [-0.3, -0.25) is 9.10 Å². The number of nitrogens with one attached hydrogen (secondary N) is 1. The Morgan fingerprint density at radius 2 is 1.50 bits per heavy atom. The highest BCUT2D eigenvalue weighted by molar-refractivity contribution is 7.92. The van der Waals surface area contributed by atoms with Crippen molar-refractivity contribution < 1.29 is 37.0 Å². The van der Waals surface area contributed by atoms with E-state index in [1.165, 1.54) is 82.0 Å². The minimum absolute atomic E-state index is 0.0580.